The molecule has 16 heavy (non-hydrogen) atoms. The number of benzene rings is 2. The summed E-state index contributed by atoms with van der Waals surface area (Å²) in [6.45, 7) is 10.5. The van der Waals surface area contributed by atoms with Crippen molar-refractivity contribution in [2.45, 2.75) is 26.7 Å². The van der Waals surface area contributed by atoms with Crippen molar-refractivity contribution in [1.29, 1.82) is 0 Å². The third-order valence-corrected chi connectivity index (χ3v) is 3.02. The van der Waals surface area contributed by atoms with Crippen molar-refractivity contribution in [3.05, 3.63) is 54.1 Å². The molecule has 0 N–H and O–H groups in total. The molecule has 0 spiro atoms. The molecule has 0 saturated heterocycles. The van der Waals surface area contributed by atoms with Gasteiger partial charge in [0.25, 0.3) is 0 Å². The van der Waals surface area contributed by atoms with Crippen molar-refractivity contribution in [2.24, 2.45) is 0 Å². The molecular weight excluding hydrogens is 192 g/mol. The molecule has 0 atom stereocenters. The lowest BCUT2D eigenvalue weighted by Crippen LogP contribution is -1.87. The van der Waals surface area contributed by atoms with Gasteiger partial charge in [-0.3, -0.25) is 0 Å². The number of hydrogen-bond acceptors (Lipinski definition) is 0. The van der Waals surface area contributed by atoms with E-state index in [1.54, 1.807) is 0 Å². The number of allylic oxidation sites excluding steroid dienone is 1. The number of fused-ring (bicyclic) bond motifs is 1. The molecule has 0 nitrogen and oxygen atoms in total. The Kier molecular flexibility index (Phi) is 2.82. The van der Waals surface area contributed by atoms with E-state index in [1.807, 2.05) is 6.92 Å². The van der Waals surface area contributed by atoms with Crippen molar-refractivity contribution in [1.82, 2.24) is 0 Å². The van der Waals surface area contributed by atoms with Crippen LogP contribution in [0.4, 0.5) is 0 Å². The van der Waals surface area contributed by atoms with Crippen LogP contribution in [0.3, 0.4) is 0 Å². The summed E-state index contributed by atoms with van der Waals surface area (Å²) in [5.41, 5.74) is 3.75. The molecule has 0 heteroatoms. The van der Waals surface area contributed by atoms with Crippen LogP contribution in [0.2, 0.25) is 0 Å². The Morgan fingerprint density at radius 2 is 1.69 bits per heavy atom. The Hall–Kier alpha value is -1.56. The molecule has 0 fully saturated rings. The smallest absolute Gasteiger partial charge is 0.0175 e. The molecule has 0 aliphatic rings. The Bertz CT molecular complexity index is 533. The fourth-order valence-corrected chi connectivity index (χ4v) is 1.89. The lowest BCUT2D eigenvalue weighted by atomic mass is 9.97. The zero-order valence-electron chi connectivity index (χ0n) is 10.2. The Balaban J connectivity index is 2.61. The van der Waals surface area contributed by atoms with Gasteiger partial charge in [-0.2, -0.15) is 0 Å². The van der Waals surface area contributed by atoms with E-state index in [2.05, 4.69) is 56.8 Å². The number of hydrogen-bond donors (Lipinski definition) is 0. The van der Waals surface area contributed by atoms with Crippen LogP contribution >= 0.6 is 0 Å². The fraction of sp³-hybridized carbons (Fsp3) is 0.250. The van der Waals surface area contributed by atoms with E-state index in [0.717, 1.165) is 5.57 Å². The SMILES string of the molecule is C=C(C)c1ccc2ccc(C(C)C)cc2c1. The quantitative estimate of drug-likeness (QED) is 0.654. The van der Waals surface area contributed by atoms with Gasteiger partial charge in [0.1, 0.15) is 0 Å². The summed E-state index contributed by atoms with van der Waals surface area (Å²) in [6.07, 6.45) is 0. The van der Waals surface area contributed by atoms with Crippen LogP contribution in [0.1, 0.15) is 37.8 Å². The highest BCUT2D eigenvalue weighted by Crippen LogP contribution is 2.24. The first kappa shape index (κ1) is 10.9. The standard InChI is InChI=1S/C16H18/c1-11(2)14-7-5-13-6-8-15(12(3)4)10-16(13)9-14/h5-10,12H,1H2,2-4H3. The highest BCUT2D eigenvalue weighted by molar-refractivity contribution is 5.86. The topological polar surface area (TPSA) is 0 Å². The summed E-state index contributed by atoms with van der Waals surface area (Å²) in [5, 5.41) is 2.61. The van der Waals surface area contributed by atoms with E-state index in [0.29, 0.717) is 5.92 Å². The molecule has 82 valence electrons. The first-order valence-electron chi connectivity index (χ1n) is 5.77. The van der Waals surface area contributed by atoms with E-state index in [-0.39, 0.29) is 0 Å². The minimum absolute atomic E-state index is 0.581. The number of rotatable bonds is 2. The van der Waals surface area contributed by atoms with Gasteiger partial charge in [-0.15, -0.1) is 0 Å². The summed E-state index contributed by atoms with van der Waals surface area (Å²) in [6, 6.07) is 13.2. The van der Waals surface area contributed by atoms with Crippen molar-refractivity contribution >= 4 is 16.3 Å². The Labute approximate surface area is 97.6 Å². The third-order valence-electron chi connectivity index (χ3n) is 3.02. The maximum Gasteiger partial charge on any atom is -0.0175 e. The van der Waals surface area contributed by atoms with Gasteiger partial charge in [0.15, 0.2) is 0 Å². The van der Waals surface area contributed by atoms with Gasteiger partial charge < -0.3 is 0 Å². The minimum atomic E-state index is 0.581. The molecule has 0 radical (unpaired) electrons. The second kappa shape index (κ2) is 4.13. The van der Waals surface area contributed by atoms with Crippen molar-refractivity contribution in [3.8, 4) is 0 Å². The van der Waals surface area contributed by atoms with Crippen LogP contribution < -0.4 is 0 Å². The van der Waals surface area contributed by atoms with Gasteiger partial charge in [-0.25, -0.2) is 0 Å². The second-order valence-corrected chi connectivity index (χ2v) is 4.76. The van der Waals surface area contributed by atoms with Gasteiger partial charge in [-0.1, -0.05) is 56.3 Å². The molecule has 0 aromatic heterocycles. The molecule has 0 heterocycles. The highest BCUT2D eigenvalue weighted by Gasteiger charge is 2.01. The van der Waals surface area contributed by atoms with Gasteiger partial charge in [0, 0.05) is 0 Å². The van der Waals surface area contributed by atoms with Crippen molar-refractivity contribution < 1.29 is 0 Å². The van der Waals surface area contributed by atoms with Gasteiger partial charge in [-0.05, 0) is 40.8 Å². The third kappa shape index (κ3) is 2.01. The summed E-state index contributed by atoms with van der Waals surface area (Å²) in [5.74, 6) is 0.581. The predicted molar refractivity (Wildman–Crippen MR) is 72.7 cm³/mol. The second-order valence-electron chi connectivity index (χ2n) is 4.76. The molecule has 0 bridgehead atoms. The zero-order valence-corrected chi connectivity index (χ0v) is 10.2. The summed E-state index contributed by atoms with van der Waals surface area (Å²) >= 11 is 0. The largest absolute Gasteiger partial charge is 0.0955 e. The van der Waals surface area contributed by atoms with Crippen LogP contribution in [0.15, 0.2) is 43.0 Å². The van der Waals surface area contributed by atoms with Crippen LogP contribution in [-0.2, 0) is 0 Å². The first-order valence-corrected chi connectivity index (χ1v) is 5.77. The lowest BCUT2D eigenvalue weighted by molar-refractivity contribution is 0.869. The van der Waals surface area contributed by atoms with Crippen LogP contribution in [0.5, 0.6) is 0 Å². The minimum Gasteiger partial charge on any atom is -0.0955 e. The zero-order chi connectivity index (χ0) is 11.7. The van der Waals surface area contributed by atoms with Crippen molar-refractivity contribution in [2.75, 3.05) is 0 Å². The molecular formula is C16H18. The van der Waals surface area contributed by atoms with Crippen molar-refractivity contribution in [3.63, 3.8) is 0 Å². The monoisotopic (exact) mass is 210 g/mol. The normalized spacial score (nSPS) is 11.0. The van der Waals surface area contributed by atoms with Crippen LogP contribution in [0, 0.1) is 0 Å². The van der Waals surface area contributed by atoms with E-state index in [1.165, 1.54) is 21.9 Å². The van der Waals surface area contributed by atoms with Gasteiger partial charge in [0.05, 0.1) is 0 Å². The highest BCUT2D eigenvalue weighted by atomic mass is 14.1. The van der Waals surface area contributed by atoms with E-state index < -0.39 is 0 Å². The lowest BCUT2D eigenvalue weighted by Gasteiger charge is -2.08. The van der Waals surface area contributed by atoms with E-state index in [4.69, 9.17) is 0 Å². The Morgan fingerprint density at radius 1 is 1.00 bits per heavy atom. The maximum atomic E-state index is 3.99. The Morgan fingerprint density at radius 3 is 2.31 bits per heavy atom. The molecule has 0 saturated carbocycles. The maximum absolute atomic E-state index is 3.99. The van der Waals surface area contributed by atoms with Crippen LogP contribution in [0.25, 0.3) is 16.3 Å². The molecule has 2 rings (SSSR count). The molecule has 0 aliphatic heterocycles. The predicted octanol–water partition coefficient (Wildman–Crippen LogP) is 5.00. The van der Waals surface area contributed by atoms with Gasteiger partial charge in [0.2, 0.25) is 0 Å². The summed E-state index contributed by atoms with van der Waals surface area (Å²) in [4.78, 5) is 0. The summed E-state index contributed by atoms with van der Waals surface area (Å²) in [7, 11) is 0. The average Bonchev–Trinajstić information content (AvgIpc) is 2.27. The molecule has 0 amide bonds. The first-order chi connectivity index (χ1) is 7.58. The molecule has 2 aromatic rings. The van der Waals surface area contributed by atoms with Gasteiger partial charge >= 0.3 is 0 Å². The fourth-order valence-electron chi connectivity index (χ4n) is 1.89. The molecule has 0 aliphatic carbocycles. The average molecular weight is 210 g/mol. The summed E-state index contributed by atoms with van der Waals surface area (Å²) < 4.78 is 0. The van der Waals surface area contributed by atoms with Crippen LogP contribution in [-0.4, -0.2) is 0 Å². The van der Waals surface area contributed by atoms with E-state index in [9.17, 15) is 0 Å². The molecule has 2 aromatic carbocycles. The molecule has 0 unspecified atom stereocenters. The van der Waals surface area contributed by atoms with E-state index >= 15 is 0 Å².